The summed E-state index contributed by atoms with van der Waals surface area (Å²) in [5.74, 6) is -3.25. The van der Waals surface area contributed by atoms with Crippen LogP contribution < -0.4 is 0 Å². The predicted octanol–water partition coefficient (Wildman–Crippen LogP) is 6.57. The Morgan fingerprint density at radius 3 is 1.67 bits per heavy atom. The van der Waals surface area contributed by atoms with E-state index in [0.29, 0.717) is 11.1 Å². The smallest absolute Gasteiger partial charge is 0.336 e. The monoisotopic (exact) mass is 760 g/mol. The van der Waals surface area contributed by atoms with Crippen LogP contribution >= 0.6 is 39.5 Å². The molecule has 0 saturated heterocycles. The lowest BCUT2D eigenvalue weighted by Gasteiger charge is -2.25. The summed E-state index contributed by atoms with van der Waals surface area (Å²) in [6, 6.07) is 20.0. The predicted molar refractivity (Wildman–Crippen MR) is 166 cm³/mol. The molecule has 0 aliphatic carbocycles. The van der Waals surface area contributed by atoms with Gasteiger partial charge in [0.25, 0.3) is 10.1 Å². The molecule has 0 unspecified atom stereocenters. The highest BCUT2D eigenvalue weighted by Gasteiger charge is 2.39. The van der Waals surface area contributed by atoms with Gasteiger partial charge in [0.15, 0.2) is 6.10 Å². The molecule has 3 rings (SSSR count). The maximum atomic E-state index is 14.1. The van der Waals surface area contributed by atoms with Crippen LogP contribution in [0.25, 0.3) is 0 Å². The fourth-order valence-electron chi connectivity index (χ4n) is 3.81. The van der Waals surface area contributed by atoms with Crippen LogP contribution in [-0.4, -0.2) is 46.8 Å². The minimum Gasteiger partial charge on any atom is -0.469 e. The Hall–Kier alpha value is -2.38. The molecule has 0 heterocycles. The Kier molecular flexibility index (Phi) is 13.1. The van der Waals surface area contributed by atoms with Crippen LogP contribution in [0.2, 0.25) is 0 Å². The fraction of sp³-hybridized carbons (Fsp3) is 0.310. The number of hydrogen-bond acceptors (Lipinski definition) is 10. The number of carbonyl (C=O) groups excluding carboxylic acids is 2. The number of methoxy groups -OCH3 is 2. The summed E-state index contributed by atoms with van der Waals surface area (Å²) in [5.41, 5.74) is 2.19. The molecule has 43 heavy (non-hydrogen) atoms. The van der Waals surface area contributed by atoms with Crippen LogP contribution in [-0.2, 0) is 60.2 Å². The van der Waals surface area contributed by atoms with Gasteiger partial charge in [0.2, 0.25) is 0 Å². The van der Waals surface area contributed by atoms with Crippen molar-refractivity contribution in [1.82, 2.24) is 0 Å². The first-order valence-electron chi connectivity index (χ1n) is 12.9. The molecule has 2 atom stereocenters. The van der Waals surface area contributed by atoms with Crippen molar-refractivity contribution in [2.75, 3.05) is 20.4 Å². The van der Waals surface area contributed by atoms with E-state index in [-0.39, 0.29) is 18.1 Å². The second-order valence-electron chi connectivity index (χ2n) is 9.42. The number of benzene rings is 3. The van der Waals surface area contributed by atoms with Gasteiger partial charge in [0, 0.05) is 8.95 Å². The lowest BCUT2D eigenvalue weighted by molar-refractivity contribution is -0.152. The molecule has 3 aromatic rings. The van der Waals surface area contributed by atoms with Gasteiger partial charge in [0.05, 0.1) is 44.4 Å². The van der Waals surface area contributed by atoms with E-state index in [9.17, 15) is 22.6 Å². The van der Waals surface area contributed by atoms with Crippen molar-refractivity contribution in [3.63, 3.8) is 0 Å². The summed E-state index contributed by atoms with van der Waals surface area (Å²) in [7, 11) is -6.37. The molecule has 0 aromatic heterocycles. The lowest BCUT2D eigenvalue weighted by Crippen LogP contribution is -2.34. The Labute approximate surface area is 267 Å². The number of esters is 2. The van der Waals surface area contributed by atoms with E-state index in [4.69, 9.17) is 22.7 Å². The van der Waals surface area contributed by atoms with Gasteiger partial charge in [-0.2, -0.15) is 8.42 Å². The second-order valence-corrected chi connectivity index (χ2v) is 14.9. The van der Waals surface area contributed by atoms with Crippen LogP contribution in [0.5, 0.6) is 0 Å². The van der Waals surface area contributed by atoms with Crippen LogP contribution in [0.15, 0.2) is 86.6 Å². The van der Waals surface area contributed by atoms with Crippen molar-refractivity contribution >= 4 is 61.5 Å². The molecule has 0 aliphatic heterocycles. The third-order valence-electron chi connectivity index (χ3n) is 6.18. The Morgan fingerprint density at radius 1 is 0.767 bits per heavy atom. The van der Waals surface area contributed by atoms with Gasteiger partial charge < -0.3 is 18.5 Å². The number of halogens is 2. The average molecular weight is 762 g/mol. The van der Waals surface area contributed by atoms with Gasteiger partial charge in [-0.25, -0.2) is 4.79 Å². The third kappa shape index (κ3) is 10.9. The van der Waals surface area contributed by atoms with Crippen LogP contribution in [0.1, 0.15) is 23.1 Å². The van der Waals surface area contributed by atoms with Gasteiger partial charge in [-0.05, 0) is 60.9 Å². The molecule has 0 saturated carbocycles. The highest BCUT2D eigenvalue weighted by atomic mass is 79.9. The zero-order valence-electron chi connectivity index (χ0n) is 23.6. The van der Waals surface area contributed by atoms with Gasteiger partial charge in [-0.1, -0.05) is 73.8 Å². The van der Waals surface area contributed by atoms with Gasteiger partial charge >= 0.3 is 19.5 Å². The molecule has 0 N–H and O–H groups in total. The molecule has 0 amide bonds. The van der Waals surface area contributed by atoms with E-state index >= 15 is 0 Å². The third-order valence-corrected chi connectivity index (χ3v) is 10.5. The van der Waals surface area contributed by atoms with Crippen molar-refractivity contribution < 1.29 is 45.3 Å². The fourth-order valence-corrected chi connectivity index (χ4v) is 7.20. The highest BCUT2D eigenvalue weighted by Crippen LogP contribution is 2.52. The zero-order valence-corrected chi connectivity index (χ0v) is 28.5. The lowest BCUT2D eigenvalue weighted by atomic mass is 10.0. The SMILES string of the molecule is COC(=O)[C@H](C[C@H](OS(=O)(=O)c1ccc(C)cc1)C(=O)OC)CP(=O)(OCc1ccc(Br)cc1)OCc1ccc(Br)cc1. The minimum atomic E-state index is -4.44. The van der Waals surface area contributed by atoms with Crippen LogP contribution in [0.3, 0.4) is 0 Å². The number of carbonyl (C=O) groups is 2. The molecule has 0 bridgehead atoms. The topological polar surface area (TPSA) is 132 Å². The van der Waals surface area contributed by atoms with Gasteiger partial charge in [-0.15, -0.1) is 0 Å². The van der Waals surface area contributed by atoms with Crippen molar-refractivity contribution in [1.29, 1.82) is 0 Å². The van der Waals surface area contributed by atoms with Crippen LogP contribution in [0.4, 0.5) is 0 Å². The maximum absolute atomic E-state index is 14.1. The summed E-state index contributed by atoms with van der Waals surface area (Å²) in [5, 5.41) is 0. The normalized spacial score (nSPS) is 13.2. The molecule has 0 radical (unpaired) electrons. The Bertz CT molecular complexity index is 1480. The first-order chi connectivity index (χ1) is 20.3. The summed E-state index contributed by atoms with van der Waals surface area (Å²) in [4.78, 5) is 25.4. The van der Waals surface area contributed by atoms with Gasteiger partial charge in [0.1, 0.15) is 0 Å². The molecule has 3 aromatic carbocycles. The first kappa shape index (κ1) is 35.1. The quantitative estimate of drug-likeness (QED) is 0.0952. The van der Waals surface area contributed by atoms with Crippen LogP contribution in [0, 0.1) is 12.8 Å². The number of ether oxygens (including phenoxy) is 2. The molecule has 0 fully saturated rings. The summed E-state index contributed by atoms with van der Waals surface area (Å²) < 4.78 is 68.3. The summed E-state index contributed by atoms with van der Waals surface area (Å²) >= 11 is 6.72. The summed E-state index contributed by atoms with van der Waals surface area (Å²) in [6.07, 6.45) is -2.84. The van der Waals surface area contributed by atoms with E-state index in [0.717, 1.165) is 28.7 Å². The summed E-state index contributed by atoms with van der Waals surface area (Å²) in [6.45, 7) is 1.56. The van der Waals surface area contributed by atoms with Crippen molar-refractivity contribution in [2.45, 2.75) is 37.6 Å². The van der Waals surface area contributed by atoms with E-state index in [2.05, 4.69) is 31.9 Å². The van der Waals surface area contributed by atoms with Crippen molar-refractivity contribution in [2.24, 2.45) is 5.92 Å². The van der Waals surface area contributed by atoms with Crippen molar-refractivity contribution in [3.05, 3.63) is 98.4 Å². The molecule has 0 aliphatic rings. The second kappa shape index (κ2) is 16.1. The zero-order chi connectivity index (χ0) is 31.6. The van der Waals surface area contributed by atoms with E-state index in [1.54, 1.807) is 67.6 Å². The number of aryl methyl sites for hydroxylation is 1. The van der Waals surface area contributed by atoms with E-state index < -0.39 is 54.3 Å². The first-order valence-corrected chi connectivity index (χ1v) is 17.6. The number of hydrogen-bond donors (Lipinski definition) is 0. The molecular weight excluding hydrogens is 731 g/mol. The Balaban J connectivity index is 1.88. The molecule has 10 nitrogen and oxygen atoms in total. The maximum Gasteiger partial charge on any atom is 0.336 e. The Morgan fingerprint density at radius 2 is 1.23 bits per heavy atom. The highest BCUT2D eigenvalue weighted by molar-refractivity contribution is 9.10. The number of rotatable bonds is 15. The molecule has 14 heteroatoms. The van der Waals surface area contributed by atoms with E-state index in [1.807, 2.05) is 0 Å². The standard InChI is InChI=1S/C29H31Br2O10PS/c1-20-4-14-26(15-5-20)43(35,36)41-27(29(33)38-3)16-23(28(32)37-2)19-42(34,39-17-21-6-10-24(30)11-7-21)40-18-22-8-12-25(31)13-9-22/h4-15,23,27H,16-19H2,1-3H3/t23-,27+/m1/s1. The minimum absolute atomic E-state index is 0.114. The molecule has 0 spiro atoms. The van der Waals surface area contributed by atoms with Gasteiger partial charge in [-0.3, -0.25) is 13.5 Å². The molecule has 232 valence electrons. The molecular formula is C29H31Br2O10PS. The largest absolute Gasteiger partial charge is 0.469 e. The van der Waals surface area contributed by atoms with Crippen molar-refractivity contribution in [3.8, 4) is 0 Å². The average Bonchev–Trinajstić information content (AvgIpc) is 2.99. The van der Waals surface area contributed by atoms with E-state index in [1.165, 1.54) is 12.1 Å².